The second-order valence-corrected chi connectivity index (χ2v) is 7.33. The van der Waals surface area contributed by atoms with Gasteiger partial charge in [0.05, 0.1) is 25.2 Å². The van der Waals surface area contributed by atoms with Crippen LogP contribution in [0.4, 0.5) is 0 Å². The van der Waals surface area contributed by atoms with Crippen LogP contribution in [0.15, 0.2) is 40.5 Å². The van der Waals surface area contributed by atoms with Gasteiger partial charge in [-0.1, -0.05) is 29.3 Å². The molecule has 2 aromatic rings. The van der Waals surface area contributed by atoms with Crippen LogP contribution in [0.25, 0.3) is 0 Å². The number of esters is 1. The molecule has 0 aliphatic carbocycles. The second kappa shape index (κ2) is 8.49. The Kier molecular flexibility index (Phi) is 6.21. The first-order valence-electron chi connectivity index (χ1n) is 8.74. The number of aromatic nitrogens is 1. The molecule has 1 aliphatic heterocycles. The van der Waals surface area contributed by atoms with Gasteiger partial charge in [-0.25, -0.2) is 4.79 Å². The van der Waals surface area contributed by atoms with Crippen molar-refractivity contribution in [2.24, 2.45) is 5.73 Å². The average molecular weight is 439 g/mol. The lowest BCUT2D eigenvalue weighted by Crippen LogP contribution is -2.35. The molecule has 0 spiro atoms. The molecule has 0 saturated heterocycles. The molecule has 0 fully saturated rings. The maximum absolute atomic E-state index is 13.4. The van der Waals surface area contributed by atoms with Gasteiger partial charge in [0.2, 0.25) is 5.88 Å². The first-order chi connectivity index (χ1) is 13.8. The summed E-state index contributed by atoms with van der Waals surface area (Å²) in [6, 6.07) is 6.51. The van der Waals surface area contributed by atoms with Crippen molar-refractivity contribution in [2.45, 2.75) is 19.4 Å². The zero-order valence-electron chi connectivity index (χ0n) is 16.1. The van der Waals surface area contributed by atoms with Gasteiger partial charge in [-0.2, -0.15) is 0 Å². The van der Waals surface area contributed by atoms with Gasteiger partial charge in [-0.05, 0) is 24.6 Å². The number of methoxy groups -OCH3 is 2. The number of nitrogens with two attached hydrogens (primary N) is 1. The first kappa shape index (κ1) is 21.2. The SMILES string of the molecule is COCCn1c(C)cc2c(c1=O)C(c1ccc(Cl)cc1Cl)C(C(=O)OC)=C(N)O2. The summed E-state index contributed by atoms with van der Waals surface area (Å²) in [7, 11) is 2.78. The predicted octanol–water partition coefficient (Wildman–Crippen LogP) is 2.98. The number of ether oxygens (including phenoxy) is 3. The summed E-state index contributed by atoms with van der Waals surface area (Å²) in [5.41, 5.74) is 7.12. The van der Waals surface area contributed by atoms with Crippen LogP contribution in [0, 0.1) is 6.92 Å². The van der Waals surface area contributed by atoms with E-state index in [4.69, 9.17) is 43.1 Å². The molecular formula is C20H20Cl2N2O5. The number of hydrogen-bond donors (Lipinski definition) is 1. The fourth-order valence-electron chi connectivity index (χ4n) is 3.40. The van der Waals surface area contributed by atoms with Gasteiger partial charge in [-0.15, -0.1) is 0 Å². The van der Waals surface area contributed by atoms with E-state index in [1.165, 1.54) is 13.2 Å². The van der Waals surface area contributed by atoms with Crippen LogP contribution in [-0.4, -0.2) is 31.4 Å². The van der Waals surface area contributed by atoms with Crippen LogP contribution in [0.1, 0.15) is 22.7 Å². The Hall–Kier alpha value is -2.48. The highest BCUT2D eigenvalue weighted by Crippen LogP contribution is 2.43. The van der Waals surface area contributed by atoms with Gasteiger partial charge >= 0.3 is 5.97 Å². The number of hydrogen-bond acceptors (Lipinski definition) is 6. The first-order valence-corrected chi connectivity index (χ1v) is 9.49. The third-order valence-electron chi connectivity index (χ3n) is 4.77. The van der Waals surface area contributed by atoms with E-state index in [2.05, 4.69) is 0 Å². The molecule has 2 heterocycles. The molecule has 29 heavy (non-hydrogen) atoms. The second-order valence-electron chi connectivity index (χ2n) is 6.48. The molecule has 2 N–H and O–H groups in total. The highest BCUT2D eigenvalue weighted by Gasteiger charge is 2.39. The van der Waals surface area contributed by atoms with E-state index < -0.39 is 11.9 Å². The summed E-state index contributed by atoms with van der Waals surface area (Å²) in [6.07, 6.45) is 0. The Bertz CT molecular complexity index is 1060. The number of aryl methyl sites for hydroxylation is 1. The molecule has 9 heteroatoms. The van der Waals surface area contributed by atoms with E-state index in [0.717, 1.165) is 0 Å². The Labute approximate surface area is 177 Å². The quantitative estimate of drug-likeness (QED) is 0.721. The normalized spacial score (nSPS) is 15.7. The highest BCUT2D eigenvalue weighted by molar-refractivity contribution is 6.35. The molecule has 1 aromatic carbocycles. The number of halogens is 2. The fourth-order valence-corrected chi connectivity index (χ4v) is 3.92. The summed E-state index contributed by atoms with van der Waals surface area (Å²) in [5, 5.41) is 0.706. The highest BCUT2D eigenvalue weighted by atomic mass is 35.5. The van der Waals surface area contributed by atoms with Crippen molar-refractivity contribution in [2.75, 3.05) is 20.8 Å². The van der Waals surface area contributed by atoms with Gasteiger partial charge in [0.15, 0.2) is 0 Å². The lowest BCUT2D eigenvalue weighted by molar-refractivity contribution is -0.136. The zero-order valence-corrected chi connectivity index (χ0v) is 17.6. The minimum atomic E-state index is -0.877. The Balaban J connectivity index is 2.33. The van der Waals surface area contributed by atoms with Crippen LogP contribution in [-0.2, 0) is 20.8 Å². The van der Waals surface area contributed by atoms with E-state index in [9.17, 15) is 9.59 Å². The summed E-state index contributed by atoms with van der Waals surface area (Å²) >= 11 is 12.5. The standard InChI is InChI=1S/C20H20Cl2N2O5/c1-10-8-14-16(19(25)24(10)6-7-27-2)15(12-5-4-11(21)9-13(12)22)17(18(23)29-14)20(26)28-3/h4-5,8-9,15H,6-7,23H2,1-3H3. The summed E-state index contributed by atoms with van der Waals surface area (Å²) in [6.45, 7) is 2.46. The zero-order chi connectivity index (χ0) is 21.3. The van der Waals surface area contributed by atoms with Crippen molar-refractivity contribution in [1.82, 2.24) is 4.57 Å². The number of nitrogens with zero attached hydrogens (tertiary/aromatic N) is 1. The van der Waals surface area contributed by atoms with Crippen molar-refractivity contribution in [3.8, 4) is 5.75 Å². The number of carbonyl (C=O) groups is 1. The van der Waals surface area contributed by atoms with Crippen LogP contribution in [0.5, 0.6) is 5.75 Å². The molecule has 0 bridgehead atoms. The van der Waals surface area contributed by atoms with Crippen LogP contribution < -0.4 is 16.0 Å². The molecule has 154 valence electrons. The molecule has 1 aliphatic rings. The Morgan fingerprint density at radius 1 is 1.28 bits per heavy atom. The minimum absolute atomic E-state index is 0.00321. The fraction of sp³-hybridized carbons (Fsp3) is 0.300. The summed E-state index contributed by atoms with van der Waals surface area (Å²) < 4.78 is 17.2. The molecule has 0 amide bonds. The number of carbonyl (C=O) groups excluding carboxylic acids is 1. The van der Waals surface area contributed by atoms with Crippen molar-refractivity contribution >= 4 is 29.2 Å². The van der Waals surface area contributed by atoms with Crippen molar-refractivity contribution in [1.29, 1.82) is 0 Å². The van der Waals surface area contributed by atoms with Gasteiger partial charge in [0, 0.05) is 35.5 Å². The molecule has 1 unspecified atom stereocenters. The number of rotatable bonds is 5. The molecule has 3 rings (SSSR count). The largest absolute Gasteiger partial charge is 0.465 e. The van der Waals surface area contributed by atoms with E-state index >= 15 is 0 Å². The molecule has 1 atom stereocenters. The van der Waals surface area contributed by atoms with E-state index in [1.54, 1.807) is 36.8 Å². The molecule has 0 radical (unpaired) electrons. The average Bonchev–Trinajstić information content (AvgIpc) is 2.66. The summed E-state index contributed by atoms with van der Waals surface area (Å²) in [4.78, 5) is 26.0. The van der Waals surface area contributed by atoms with E-state index in [-0.39, 0.29) is 33.4 Å². The molecule has 7 nitrogen and oxygen atoms in total. The lowest BCUT2D eigenvalue weighted by Gasteiger charge is -2.29. The van der Waals surface area contributed by atoms with Crippen LogP contribution >= 0.6 is 23.2 Å². The third kappa shape index (κ3) is 3.85. The maximum atomic E-state index is 13.4. The van der Waals surface area contributed by atoms with E-state index in [0.29, 0.717) is 29.4 Å². The smallest absolute Gasteiger partial charge is 0.340 e. The summed E-state index contributed by atoms with van der Waals surface area (Å²) in [5.74, 6) is -1.47. The Morgan fingerprint density at radius 2 is 2.00 bits per heavy atom. The van der Waals surface area contributed by atoms with Crippen LogP contribution in [0.3, 0.4) is 0 Å². The molecule has 0 saturated carbocycles. The lowest BCUT2D eigenvalue weighted by atomic mass is 9.83. The van der Waals surface area contributed by atoms with Gasteiger partial charge < -0.3 is 24.5 Å². The van der Waals surface area contributed by atoms with Gasteiger partial charge in [0.1, 0.15) is 11.3 Å². The predicted molar refractivity (Wildman–Crippen MR) is 109 cm³/mol. The van der Waals surface area contributed by atoms with Crippen molar-refractivity contribution in [3.05, 3.63) is 72.9 Å². The number of fused-ring (bicyclic) bond motifs is 1. The van der Waals surface area contributed by atoms with Crippen molar-refractivity contribution in [3.63, 3.8) is 0 Å². The minimum Gasteiger partial charge on any atom is -0.465 e. The van der Waals surface area contributed by atoms with Gasteiger partial charge in [0.25, 0.3) is 5.56 Å². The van der Waals surface area contributed by atoms with Gasteiger partial charge in [-0.3, -0.25) is 4.79 Å². The maximum Gasteiger partial charge on any atom is 0.340 e. The van der Waals surface area contributed by atoms with E-state index in [1.807, 2.05) is 0 Å². The third-order valence-corrected chi connectivity index (χ3v) is 5.33. The molecular weight excluding hydrogens is 419 g/mol. The number of benzene rings is 1. The number of pyridine rings is 1. The van der Waals surface area contributed by atoms with Crippen LogP contribution in [0.2, 0.25) is 10.0 Å². The monoisotopic (exact) mass is 438 g/mol. The topological polar surface area (TPSA) is 92.8 Å². The molecule has 1 aromatic heterocycles. The van der Waals surface area contributed by atoms with Crippen molar-refractivity contribution < 1.29 is 19.0 Å². The Morgan fingerprint density at radius 3 is 2.62 bits per heavy atom.